The number of unbranched alkanes of at least 4 members (excludes halogenated alkanes) is 1. The van der Waals surface area contributed by atoms with Gasteiger partial charge in [0.15, 0.2) is 17.5 Å². The van der Waals surface area contributed by atoms with E-state index in [-0.39, 0.29) is 24.0 Å². The molecule has 0 atom stereocenters. The van der Waals surface area contributed by atoms with Crippen LogP contribution in [-0.4, -0.2) is 46.5 Å². The van der Waals surface area contributed by atoms with Crippen molar-refractivity contribution in [1.82, 2.24) is 10.6 Å². The van der Waals surface area contributed by atoms with Crippen molar-refractivity contribution in [2.75, 3.05) is 40.5 Å². The molecular formula is C19H34IN3O3. The summed E-state index contributed by atoms with van der Waals surface area (Å²) in [7, 11) is 3.42. The first kappa shape index (κ1) is 24.8. The second kappa shape index (κ2) is 16.0. The Bertz CT molecular complexity index is 513. The summed E-state index contributed by atoms with van der Waals surface area (Å²) in [5.74, 6) is 2.29. The second-order valence-electron chi connectivity index (χ2n) is 5.59. The van der Waals surface area contributed by atoms with Crippen molar-refractivity contribution >= 4 is 29.9 Å². The zero-order valence-electron chi connectivity index (χ0n) is 16.5. The van der Waals surface area contributed by atoms with Crippen molar-refractivity contribution in [3.05, 3.63) is 23.8 Å². The summed E-state index contributed by atoms with van der Waals surface area (Å²) in [5, 5.41) is 6.60. The van der Waals surface area contributed by atoms with Crippen LogP contribution in [0, 0.1) is 0 Å². The van der Waals surface area contributed by atoms with E-state index < -0.39 is 0 Å². The Balaban J connectivity index is 0.00000625. The first-order valence-corrected chi connectivity index (χ1v) is 9.07. The maximum atomic E-state index is 5.61. The van der Waals surface area contributed by atoms with E-state index >= 15 is 0 Å². The zero-order chi connectivity index (χ0) is 18.3. The smallest absolute Gasteiger partial charge is 0.191 e. The van der Waals surface area contributed by atoms with Crippen LogP contribution in [0.4, 0.5) is 0 Å². The summed E-state index contributed by atoms with van der Waals surface area (Å²) < 4.78 is 16.5. The second-order valence-corrected chi connectivity index (χ2v) is 5.59. The van der Waals surface area contributed by atoms with Gasteiger partial charge in [0, 0.05) is 33.4 Å². The minimum Gasteiger partial charge on any atom is -0.493 e. The molecule has 0 unspecified atom stereocenters. The number of nitrogens with zero attached hydrogens (tertiary/aromatic N) is 1. The van der Waals surface area contributed by atoms with E-state index in [1.165, 1.54) is 6.42 Å². The molecule has 0 saturated carbocycles. The number of ether oxygens (including phenoxy) is 3. The van der Waals surface area contributed by atoms with Crippen LogP contribution in [0.2, 0.25) is 0 Å². The molecule has 0 aliphatic carbocycles. The van der Waals surface area contributed by atoms with Gasteiger partial charge in [0.05, 0.1) is 13.7 Å². The highest BCUT2D eigenvalue weighted by molar-refractivity contribution is 14.0. The van der Waals surface area contributed by atoms with Crippen LogP contribution < -0.4 is 20.1 Å². The SMILES string of the molecule is CCCCOCCCNC(=NC)NCc1ccc(OC)c(OCC)c1.I. The van der Waals surface area contributed by atoms with Crippen LogP contribution in [0.15, 0.2) is 23.2 Å². The molecule has 1 rings (SSSR count). The Morgan fingerprint density at radius 3 is 2.50 bits per heavy atom. The fourth-order valence-electron chi connectivity index (χ4n) is 2.24. The molecule has 0 heterocycles. The minimum absolute atomic E-state index is 0. The lowest BCUT2D eigenvalue weighted by atomic mass is 10.2. The monoisotopic (exact) mass is 479 g/mol. The van der Waals surface area contributed by atoms with E-state index in [9.17, 15) is 0 Å². The number of hydrogen-bond acceptors (Lipinski definition) is 4. The Labute approximate surface area is 175 Å². The molecule has 0 spiro atoms. The predicted molar refractivity (Wildman–Crippen MR) is 118 cm³/mol. The number of rotatable bonds is 12. The fourth-order valence-corrected chi connectivity index (χ4v) is 2.24. The number of methoxy groups -OCH3 is 1. The van der Waals surface area contributed by atoms with E-state index in [0.717, 1.165) is 55.6 Å². The average molecular weight is 479 g/mol. The number of nitrogens with one attached hydrogen (secondary N) is 2. The molecule has 7 heteroatoms. The first-order valence-electron chi connectivity index (χ1n) is 9.07. The topological polar surface area (TPSA) is 64.1 Å². The maximum absolute atomic E-state index is 5.61. The maximum Gasteiger partial charge on any atom is 0.191 e. The summed E-state index contributed by atoms with van der Waals surface area (Å²) >= 11 is 0. The Morgan fingerprint density at radius 1 is 1.08 bits per heavy atom. The summed E-state index contributed by atoms with van der Waals surface area (Å²) in [6, 6.07) is 5.93. The third-order valence-electron chi connectivity index (χ3n) is 3.61. The van der Waals surface area contributed by atoms with E-state index in [0.29, 0.717) is 13.2 Å². The van der Waals surface area contributed by atoms with Gasteiger partial charge in [-0.2, -0.15) is 0 Å². The van der Waals surface area contributed by atoms with Gasteiger partial charge in [-0.3, -0.25) is 4.99 Å². The van der Waals surface area contributed by atoms with Gasteiger partial charge >= 0.3 is 0 Å². The molecule has 1 aromatic carbocycles. The van der Waals surface area contributed by atoms with Crippen LogP contribution in [0.3, 0.4) is 0 Å². The van der Waals surface area contributed by atoms with Crippen molar-refractivity contribution < 1.29 is 14.2 Å². The molecule has 0 aromatic heterocycles. The molecule has 150 valence electrons. The van der Waals surface area contributed by atoms with Gasteiger partial charge in [-0.05, 0) is 37.5 Å². The third kappa shape index (κ3) is 10.1. The number of guanidine groups is 1. The Morgan fingerprint density at radius 2 is 1.85 bits per heavy atom. The molecule has 6 nitrogen and oxygen atoms in total. The standard InChI is InChI=1S/C19H33N3O3.HI/c1-5-7-12-24-13-8-11-21-19(20-3)22-15-16-9-10-17(23-4)18(14-16)25-6-2;/h9-10,14H,5-8,11-13,15H2,1-4H3,(H2,20,21,22);1H. The van der Waals surface area contributed by atoms with Gasteiger partial charge in [-0.25, -0.2) is 0 Å². The van der Waals surface area contributed by atoms with Gasteiger partial charge in [0.2, 0.25) is 0 Å². The van der Waals surface area contributed by atoms with Crippen LogP contribution in [0.25, 0.3) is 0 Å². The Kier molecular flexibility index (Phi) is 15.2. The number of aliphatic imine (C=N–C) groups is 1. The molecule has 2 N–H and O–H groups in total. The van der Waals surface area contributed by atoms with Gasteiger partial charge in [0.1, 0.15) is 0 Å². The quantitative estimate of drug-likeness (QED) is 0.208. The molecule has 0 amide bonds. The van der Waals surface area contributed by atoms with Crippen LogP contribution in [0.1, 0.15) is 38.7 Å². The van der Waals surface area contributed by atoms with Crippen molar-refractivity contribution in [3.8, 4) is 11.5 Å². The summed E-state index contributed by atoms with van der Waals surface area (Å²) in [5.41, 5.74) is 1.11. The van der Waals surface area contributed by atoms with E-state index in [4.69, 9.17) is 14.2 Å². The highest BCUT2D eigenvalue weighted by atomic mass is 127. The predicted octanol–water partition coefficient (Wildman–Crippen LogP) is 3.58. The number of hydrogen-bond donors (Lipinski definition) is 2. The molecule has 0 bridgehead atoms. The molecule has 0 aliphatic rings. The molecule has 1 aromatic rings. The molecule has 0 aliphatic heterocycles. The summed E-state index contributed by atoms with van der Waals surface area (Å²) in [4.78, 5) is 4.24. The van der Waals surface area contributed by atoms with E-state index in [1.807, 2.05) is 25.1 Å². The van der Waals surface area contributed by atoms with Crippen molar-refractivity contribution in [3.63, 3.8) is 0 Å². The molecule has 0 saturated heterocycles. The molecule has 0 radical (unpaired) electrons. The lowest BCUT2D eigenvalue weighted by molar-refractivity contribution is 0.129. The lowest BCUT2D eigenvalue weighted by Gasteiger charge is -2.14. The largest absolute Gasteiger partial charge is 0.493 e. The highest BCUT2D eigenvalue weighted by Gasteiger charge is 2.06. The fraction of sp³-hybridized carbons (Fsp3) is 0.632. The highest BCUT2D eigenvalue weighted by Crippen LogP contribution is 2.27. The third-order valence-corrected chi connectivity index (χ3v) is 3.61. The van der Waals surface area contributed by atoms with Crippen LogP contribution >= 0.6 is 24.0 Å². The zero-order valence-corrected chi connectivity index (χ0v) is 18.8. The lowest BCUT2D eigenvalue weighted by Crippen LogP contribution is -2.37. The van der Waals surface area contributed by atoms with Crippen LogP contribution in [-0.2, 0) is 11.3 Å². The molecule has 26 heavy (non-hydrogen) atoms. The van der Waals surface area contributed by atoms with Gasteiger partial charge in [0.25, 0.3) is 0 Å². The van der Waals surface area contributed by atoms with Gasteiger partial charge in [-0.1, -0.05) is 19.4 Å². The minimum atomic E-state index is 0. The van der Waals surface area contributed by atoms with Gasteiger partial charge < -0.3 is 24.8 Å². The number of benzene rings is 1. The first-order chi connectivity index (χ1) is 12.2. The van der Waals surface area contributed by atoms with Gasteiger partial charge in [-0.15, -0.1) is 24.0 Å². The van der Waals surface area contributed by atoms with Crippen molar-refractivity contribution in [2.24, 2.45) is 4.99 Å². The molecule has 0 fully saturated rings. The average Bonchev–Trinajstić information content (AvgIpc) is 2.64. The normalized spacial score (nSPS) is 10.8. The Hall–Kier alpha value is -1.22. The van der Waals surface area contributed by atoms with Crippen molar-refractivity contribution in [1.29, 1.82) is 0 Å². The van der Waals surface area contributed by atoms with Crippen molar-refractivity contribution in [2.45, 2.75) is 39.7 Å². The van der Waals surface area contributed by atoms with E-state index in [1.54, 1.807) is 14.2 Å². The van der Waals surface area contributed by atoms with Crippen LogP contribution in [0.5, 0.6) is 11.5 Å². The van der Waals surface area contributed by atoms with E-state index in [2.05, 4.69) is 22.5 Å². The molecular weight excluding hydrogens is 445 g/mol. The summed E-state index contributed by atoms with van der Waals surface area (Å²) in [6.45, 7) is 7.86. The summed E-state index contributed by atoms with van der Waals surface area (Å²) in [6.07, 6.45) is 3.26. The number of halogens is 1.